The number of halogens is 3. The second-order valence-corrected chi connectivity index (χ2v) is 7.03. The third-order valence-electron chi connectivity index (χ3n) is 4.10. The Hall–Kier alpha value is -1.25. The van der Waals surface area contributed by atoms with Crippen LogP contribution in [0.15, 0.2) is 36.4 Å². The van der Waals surface area contributed by atoms with Crippen molar-refractivity contribution in [1.82, 2.24) is 0 Å². The molecule has 2 aromatic rings. The van der Waals surface area contributed by atoms with Crippen LogP contribution in [0.4, 0.5) is 10.1 Å². The number of hydrogen-bond donors (Lipinski definition) is 1. The van der Waals surface area contributed by atoms with E-state index in [2.05, 4.69) is 25.2 Å². The van der Waals surface area contributed by atoms with Gasteiger partial charge in [0.05, 0.1) is 16.8 Å². The molecule has 0 saturated carbocycles. The summed E-state index contributed by atoms with van der Waals surface area (Å²) in [6, 6.07) is 10.9. The normalized spacial score (nSPS) is 19.4. The predicted octanol–water partition coefficient (Wildman–Crippen LogP) is 5.87. The number of fused-ring (bicyclic) bond motifs is 1. The zero-order valence-corrected chi connectivity index (χ0v) is 13.4. The van der Waals surface area contributed by atoms with Crippen molar-refractivity contribution in [3.8, 4) is 0 Å². The van der Waals surface area contributed by atoms with Gasteiger partial charge in [-0.15, -0.1) is 0 Å². The van der Waals surface area contributed by atoms with Crippen molar-refractivity contribution in [2.45, 2.75) is 26.3 Å². The number of nitrogens with one attached hydrogen (secondary N) is 1. The van der Waals surface area contributed by atoms with E-state index in [1.807, 2.05) is 12.1 Å². The Morgan fingerprint density at radius 3 is 2.71 bits per heavy atom. The first kappa shape index (κ1) is 14.7. The van der Waals surface area contributed by atoms with Gasteiger partial charge in [-0.2, -0.15) is 0 Å². The monoisotopic (exact) mass is 323 g/mol. The van der Waals surface area contributed by atoms with Crippen LogP contribution in [0, 0.1) is 11.2 Å². The Bertz CT molecular complexity index is 697. The topological polar surface area (TPSA) is 12.0 Å². The summed E-state index contributed by atoms with van der Waals surface area (Å²) in [6.45, 7) is 4.34. The summed E-state index contributed by atoms with van der Waals surface area (Å²) in [5, 5.41) is 4.13. The second-order valence-electron chi connectivity index (χ2n) is 6.19. The molecule has 0 radical (unpaired) electrons. The Labute approximate surface area is 134 Å². The van der Waals surface area contributed by atoms with Crippen LogP contribution in [0.25, 0.3) is 0 Å². The fourth-order valence-corrected chi connectivity index (χ4v) is 3.41. The van der Waals surface area contributed by atoms with E-state index in [0.29, 0.717) is 10.7 Å². The first-order chi connectivity index (χ1) is 9.88. The van der Waals surface area contributed by atoms with Crippen LogP contribution in [0.2, 0.25) is 10.0 Å². The van der Waals surface area contributed by atoms with E-state index < -0.39 is 5.82 Å². The molecule has 0 aliphatic heterocycles. The Morgan fingerprint density at radius 2 is 1.95 bits per heavy atom. The Balaban J connectivity index is 2.02. The highest BCUT2D eigenvalue weighted by Crippen LogP contribution is 2.47. The minimum Gasteiger partial charge on any atom is -0.375 e. The summed E-state index contributed by atoms with van der Waals surface area (Å²) in [5.41, 5.74) is 2.78. The highest BCUT2D eigenvalue weighted by atomic mass is 35.5. The van der Waals surface area contributed by atoms with Crippen LogP contribution in [0.5, 0.6) is 0 Å². The molecule has 21 heavy (non-hydrogen) atoms. The standard InChI is InChI=1S/C17H16Cl2FN/c1-17(2)9-10-6-7-11(18)8-12(10)16(17)21-14-5-3-4-13(19)15(14)20/h3-8,16,21H,9H2,1-2H3. The minimum atomic E-state index is -0.412. The molecule has 0 fully saturated rings. The minimum absolute atomic E-state index is 0.000772. The average Bonchev–Trinajstić information content (AvgIpc) is 2.66. The predicted molar refractivity (Wildman–Crippen MR) is 86.7 cm³/mol. The molecule has 110 valence electrons. The molecule has 1 unspecified atom stereocenters. The average molecular weight is 324 g/mol. The summed E-state index contributed by atoms with van der Waals surface area (Å²) in [7, 11) is 0. The summed E-state index contributed by atoms with van der Waals surface area (Å²) in [4.78, 5) is 0. The lowest BCUT2D eigenvalue weighted by atomic mass is 9.85. The zero-order valence-electron chi connectivity index (χ0n) is 11.9. The van der Waals surface area contributed by atoms with Gasteiger partial charge in [-0.3, -0.25) is 0 Å². The third-order valence-corrected chi connectivity index (χ3v) is 4.62. The molecule has 0 heterocycles. The van der Waals surface area contributed by atoms with Crippen molar-refractivity contribution >= 4 is 28.9 Å². The van der Waals surface area contributed by atoms with Gasteiger partial charge < -0.3 is 5.32 Å². The van der Waals surface area contributed by atoms with Crippen LogP contribution in [0.3, 0.4) is 0 Å². The SMILES string of the molecule is CC1(C)Cc2ccc(Cl)cc2C1Nc1cccc(Cl)c1F. The van der Waals surface area contributed by atoms with Crippen molar-refractivity contribution in [1.29, 1.82) is 0 Å². The highest BCUT2D eigenvalue weighted by Gasteiger charge is 2.39. The molecule has 1 N–H and O–H groups in total. The van der Waals surface area contributed by atoms with Crippen molar-refractivity contribution in [3.63, 3.8) is 0 Å². The maximum absolute atomic E-state index is 14.1. The lowest BCUT2D eigenvalue weighted by Crippen LogP contribution is -2.25. The quantitative estimate of drug-likeness (QED) is 0.728. The first-order valence-electron chi connectivity index (χ1n) is 6.87. The Kier molecular flexibility index (Phi) is 3.62. The van der Waals surface area contributed by atoms with E-state index in [1.165, 1.54) is 5.56 Å². The molecule has 1 atom stereocenters. The molecule has 0 bridgehead atoms. The van der Waals surface area contributed by atoms with E-state index >= 15 is 0 Å². The largest absolute Gasteiger partial charge is 0.375 e. The van der Waals surface area contributed by atoms with Crippen molar-refractivity contribution < 1.29 is 4.39 Å². The van der Waals surface area contributed by atoms with Crippen LogP contribution < -0.4 is 5.32 Å². The van der Waals surface area contributed by atoms with Gasteiger partial charge in [0.25, 0.3) is 0 Å². The summed E-state index contributed by atoms with van der Waals surface area (Å²) < 4.78 is 14.1. The molecule has 0 amide bonds. The van der Waals surface area contributed by atoms with Gasteiger partial charge in [-0.25, -0.2) is 4.39 Å². The third kappa shape index (κ3) is 2.63. The molecule has 0 spiro atoms. The first-order valence-corrected chi connectivity index (χ1v) is 7.63. The highest BCUT2D eigenvalue weighted by molar-refractivity contribution is 6.31. The number of rotatable bonds is 2. The molecule has 0 saturated heterocycles. The van der Waals surface area contributed by atoms with E-state index in [9.17, 15) is 4.39 Å². The van der Waals surface area contributed by atoms with Gasteiger partial charge in [0.15, 0.2) is 5.82 Å². The molecular formula is C17H16Cl2FN. The van der Waals surface area contributed by atoms with E-state index in [0.717, 1.165) is 12.0 Å². The van der Waals surface area contributed by atoms with Gasteiger partial charge in [0, 0.05) is 5.02 Å². The molecule has 0 aromatic heterocycles. The van der Waals surface area contributed by atoms with Crippen molar-refractivity contribution in [2.75, 3.05) is 5.32 Å². The van der Waals surface area contributed by atoms with Gasteiger partial charge in [0.2, 0.25) is 0 Å². The van der Waals surface area contributed by atoms with Crippen LogP contribution in [0.1, 0.15) is 31.0 Å². The maximum Gasteiger partial charge on any atom is 0.164 e. The fraction of sp³-hybridized carbons (Fsp3) is 0.294. The van der Waals surface area contributed by atoms with Gasteiger partial charge in [0.1, 0.15) is 0 Å². The van der Waals surface area contributed by atoms with Crippen LogP contribution in [-0.2, 0) is 6.42 Å². The summed E-state index contributed by atoms with van der Waals surface area (Å²) in [6.07, 6.45) is 0.930. The molecule has 3 rings (SSSR count). The van der Waals surface area contributed by atoms with E-state index in [1.54, 1.807) is 18.2 Å². The van der Waals surface area contributed by atoms with Crippen molar-refractivity contribution in [2.24, 2.45) is 5.41 Å². The van der Waals surface area contributed by atoms with Gasteiger partial charge in [-0.05, 0) is 47.2 Å². The molecular weight excluding hydrogens is 308 g/mol. The van der Waals surface area contributed by atoms with E-state index in [4.69, 9.17) is 23.2 Å². The number of anilines is 1. The second kappa shape index (κ2) is 5.19. The Morgan fingerprint density at radius 1 is 1.19 bits per heavy atom. The fourth-order valence-electron chi connectivity index (χ4n) is 3.05. The van der Waals surface area contributed by atoms with Crippen molar-refractivity contribution in [3.05, 3.63) is 63.4 Å². The lowest BCUT2D eigenvalue weighted by Gasteiger charge is -2.29. The van der Waals surface area contributed by atoms with E-state index in [-0.39, 0.29) is 16.5 Å². The van der Waals surface area contributed by atoms with Crippen LogP contribution >= 0.6 is 23.2 Å². The van der Waals surface area contributed by atoms with Gasteiger partial charge in [-0.1, -0.05) is 49.2 Å². The molecule has 1 aliphatic rings. The smallest absolute Gasteiger partial charge is 0.164 e. The summed E-state index contributed by atoms with van der Waals surface area (Å²) in [5.74, 6) is -0.412. The number of hydrogen-bond acceptors (Lipinski definition) is 1. The molecule has 1 nitrogen and oxygen atoms in total. The van der Waals surface area contributed by atoms with Crippen LogP contribution in [-0.4, -0.2) is 0 Å². The maximum atomic E-state index is 14.1. The van der Waals surface area contributed by atoms with Gasteiger partial charge >= 0.3 is 0 Å². The molecule has 4 heteroatoms. The molecule has 2 aromatic carbocycles. The number of benzene rings is 2. The molecule has 1 aliphatic carbocycles. The zero-order chi connectivity index (χ0) is 15.2. The summed E-state index contributed by atoms with van der Waals surface area (Å²) >= 11 is 12.0. The lowest BCUT2D eigenvalue weighted by molar-refractivity contribution is 0.336.